The number of Topliss-reactive ketones (excluding diaryl/α,β-unsaturated/α-hetero) is 1. The summed E-state index contributed by atoms with van der Waals surface area (Å²) in [6.45, 7) is 9.15. The molecule has 0 heterocycles. The number of hydrogen-bond acceptors (Lipinski definition) is 1. The van der Waals surface area contributed by atoms with E-state index in [0.29, 0.717) is 17.1 Å². The number of ketones is 1. The van der Waals surface area contributed by atoms with Crippen LogP contribution in [-0.2, 0) is 4.79 Å². The maximum absolute atomic E-state index is 11.3. The van der Waals surface area contributed by atoms with Gasteiger partial charge in [0, 0.05) is 12.8 Å². The molecule has 1 heteroatoms. The first-order valence-electron chi connectivity index (χ1n) is 5.90. The summed E-state index contributed by atoms with van der Waals surface area (Å²) in [7, 11) is 0. The predicted octanol–water partition coefficient (Wildman–Crippen LogP) is 3.82. The van der Waals surface area contributed by atoms with E-state index < -0.39 is 0 Å². The molecule has 1 saturated carbocycles. The summed E-state index contributed by atoms with van der Waals surface area (Å²) in [6.07, 6.45) is 5.27. The molecule has 0 aromatic rings. The minimum Gasteiger partial charge on any atom is -0.300 e. The van der Waals surface area contributed by atoms with Gasteiger partial charge in [-0.25, -0.2) is 0 Å². The van der Waals surface area contributed by atoms with Crippen molar-refractivity contribution in [3.63, 3.8) is 0 Å². The van der Waals surface area contributed by atoms with Crippen molar-refractivity contribution in [3.8, 4) is 0 Å². The molecule has 0 bridgehead atoms. The summed E-state index contributed by atoms with van der Waals surface area (Å²) < 4.78 is 0. The van der Waals surface area contributed by atoms with Crippen LogP contribution in [0.2, 0.25) is 0 Å². The maximum Gasteiger partial charge on any atom is 0.133 e. The van der Waals surface area contributed by atoms with E-state index in [-0.39, 0.29) is 0 Å². The van der Waals surface area contributed by atoms with Crippen LogP contribution < -0.4 is 0 Å². The molecule has 0 saturated heterocycles. The Hall–Kier alpha value is -0.330. The maximum atomic E-state index is 11.3. The van der Waals surface area contributed by atoms with Gasteiger partial charge in [-0.15, -0.1) is 0 Å². The van der Waals surface area contributed by atoms with Crippen LogP contribution in [-0.4, -0.2) is 5.78 Å². The van der Waals surface area contributed by atoms with Crippen LogP contribution in [0.3, 0.4) is 0 Å². The SMILES string of the molecule is CC1CCC(=O)CC1CCC(C)(C)C. The molecule has 0 aliphatic heterocycles. The molecule has 0 N–H and O–H groups in total. The minimum atomic E-state index is 0.417. The molecule has 82 valence electrons. The van der Waals surface area contributed by atoms with E-state index in [4.69, 9.17) is 0 Å². The largest absolute Gasteiger partial charge is 0.300 e. The van der Waals surface area contributed by atoms with Crippen LogP contribution in [0.25, 0.3) is 0 Å². The lowest BCUT2D eigenvalue weighted by Crippen LogP contribution is -2.24. The van der Waals surface area contributed by atoms with Gasteiger partial charge in [-0.3, -0.25) is 4.79 Å². The molecule has 2 atom stereocenters. The third-order valence-corrected chi connectivity index (χ3v) is 3.44. The monoisotopic (exact) mass is 196 g/mol. The van der Waals surface area contributed by atoms with Crippen LogP contribution in [0.1, 0.15) is 59.8 Å². The molecule has 1 rings (SSSR count). The Morgan fingerprint density at radius 2 is 2.00 bits per heavy atom. The number of hydrogen-bond donors (Lipinski definition) is 0. The molecule has 0 amide bonds. The summed E-state index contributed by atoms with van der Waals surface area (Å²) in [6, 6.07) is 0. The van der Waals surface area contributed by atoms with E-state index >= 15 is 0 Å². The highest BCUT2D eigenvalue weighted by atomic mass is 16.1. The third kappa shape index (κ3) is 3.81. The zero-order valence-electron chi connectivity index (χ0n) is 10.1. The Bertz CT molecular complexity index is 200. The van der Waals surface area contributed by atoms with Crippen LogP contribution >= 0.6 is 0 Å². The molecule has 0 spiro atoms. The smallest absolute Gasteiger partial charge is 0.133 e. The number of carbonyl (C=O) groups excluding carboxylic acids is 1. The standard InChI is InChI=1S/C13H24O/c1-10-5-6-12(14)9-11(10)7-8-13(2,3)4/h10-11H,5-9H2,1-4H3. The molecular weight excluding hydrogens is 172 g/mol. The molecule has 1 fully saturated rings. The highest BCUT2D eigenvalue weighted by Gasteiger charge is 2.26. The zero-order chi connectivity index (χ0) is 10.8. The molecule has 14 heavy (non-hydrogen) atoms. The van der Waals surface area contributed by atoms with E-state index in [9.17, 15) is 4.79 Å². The summed E-state index contributed by atoms with van der Waals surface area (Å²) in [5.41, 5.74) is 0.417. The lowest BCUT2D eigenvalue weighted by molar-refractivity contribution is -0.122. The van der Waals surface area contributed by atoms with Crippen LogP contribution in [0.5, 0.6) is 0 Å². The second kappa shape index (κ2) is 4.46. The van der Waals surface area contributed by atoms with E-state index in [2.05, 4.69) is 27.7 Å². The van der Waals surface area contributed by atoms with E-state index in [1.165, 1.54) is 12.8 Å². The van der Waals surface area contributed by atoms with Gasteiger partial charge in [0.2, 0.25) is 0 Å². The van der Waals surface area contributed by atoms with Crippen LogP contribution in [0.15, 0.2) is 0 Å². The van der Waals surface area contributed by atoms with Crippen molar-refractivity contribution >= 4 is 5.78 Å². The van der Waals surface area contributed by atoms with Gasteiger partial charge in [-0.1, -0.05) is 27.7 Å². The third-order valence-electron chi connectivity index (χ3n) is 3.44. The molecule has 1 aliphatic carbocycles. The van der Waals surface area contributed by atoms with Crippen molar-refractivity contribution in [2.75, 3.05) is 0 Å². The first-order valence-corrected chi connectivity index (χ1v) is 5.90. The van der Waals surface area contributed by atoms with Crippen molar-refractivity contribution in [2.45, 2.75) is 59.8 Å². The van der Waals surface area contributed by atoms with Crippen molar-refractivity contribution in [1.82, 2.24) is 0 Å². The number of carbonyl (C=O) groups is 1. The van der Waals surface area contributed by atoms with Crippen LogP contribution in [0, 0.1) is 17.3 Å². The molecule has 0 radical (unpaired) electrons. The van der Waals surface area contributed by atoms with Crippen molar-refractivity contribution in [2.24, 2.45) is 17.3 Å². The van der Waals surface area contributed by atoms with E-state index in [0.717, 1.165) is 25.2 Å². The van der Waals surface area contributed by atoms with E-state index in [1.807, 2.05) is 0 Å². The summed E-state index contributed by atoms with van der Waals surface area (Å²) in [5.74, 6) is 1.91. The van der Waals surface area contributed by atoms with Crippen LogP contribution in [0.4, 0.5) is 0 Å². The molecule has 0 aromatic carbocycles. The second-order valence-corrected chi connectivity index (χ2v) is 6.12. The van der Waals surface area contributed by atoms with Gasteiger partial charge < -0.3 is 0 Å². The van der Waals surface area contributed by atoms with Gasteiger partial charge in [0.25, 0.3) is 0 Å². The highest BCUT2D eigenvalue weighted by molar-refractivity contribution is 5.79. The van der Waals surface area contributed by atoms with Gasteiger partial charge in [-0.2, -0.15) is 0 Å². The fourth-order valence-corrected chi connectivity index (χ4v) is 2.23. The molecule has 1 aliphatic rings. The van der Waals surface area contributed by atoms with Gasteiger partial charge >= 0.3 is 0 Å². The second-order valence-electron chi connectivity index (χ2n) is 6.12. The van der Waals surface area contributed by atoms with Gasteiger partial charge in [0.1, 0.15) is 5.78 Å². The molecule has 1 nitrogen and oxygen atoms in total. The fourth-order valence-electron chi connectivity index (χ4n) is 2.23. The Labute approximate surface area is 88.3 Å². The van der Waals surface area contributed by atoms with Crippen molar-refractivity contribution in [3.05, 3.63) is 0 Å². The van der Waals surface area contributed by atoms with Gasteiger partial charge in [0.05, 0.1) is 0 Å². The Morgan fingerprint density at radius 1 is 1.36 bits per heavy atom. The first kappa shape index (κ1) is 11.7. The molecular formula is C13H24O. The summed E-state index contributed by atoms with van der Waals surface area (Å²) in [4.78, 5) is 11.3. The van der Waals surface area contributed by atoms with Gasteiger partial charge in [0.15, 0.2) is 0 Å². The summed E-state index contributed by atoms with van der Waals surface area (Å²) in [5, 5.41) is 0. The molecule has 0 aromatic heterocycles. The number of rotatable bonds is 2. The van der Waals surface area contributed by atoms with Crippen molar-refractivity contribution < 1.29 is 4.79 Å². The lowest BCUT2D eigenvalue weighted by atomic mass is 9.75. The van der Waals surface area contributed by atoms with Crippen molar-refractivity contribution in [1.29, 1.82) is 0 Å². The first-order chi connectivity index (χ1) is 6.38. The fraction of sp³-hybridized carbons (Fsp3) is 0.923. The quantitative estimate of drug-likeness (QED) is 0.656. The lowest BCUT2D eigenvalue weighted by Gasteiger charge is -2.30. The summed E-state index contributed by atoms with van der Waals surface area (Å²) >= 11 is 0. The van der Waals surface area contributed by atoms with Gasteiger partial charge in [-0.05, 0) is 36.5 Å². The zero-order valence-corrected chi connectivity index (χ0v) is 10.1. The minimum absolute atomic E-state index is 0.417. The van der Waals surface area contributed by atoms with E-state index in [1.54, 1.807) is 0 Å². The topological polar surface area (TPSA) is 17.1 Å². The Kier molecular flexibility index (Phi) is 3.74. The molecule has 2 unspecified atom stereocenters. The predicted molar refractivity (Wildman–Crippen MR) is 60.2 cm³/mol. The highest BCUT2D eigenvalue weighted by Crippen LogP contribution is 2.34. The Morgan fingerprint density at radius 3 is 2.57 bits per heavy atom. The normalized spacial score (nSPS) is 29.3. The average molecular weight is 196 g/mol. The average Bonchev–Trinajstić information content (AvgIpc) is 2.05. The Balaban J connectivity index is 2.38.